The molecule has 0 unspecified atom stereocenters. The van der Waals surface area contributed by atoms with Gasteiger partial charge in [-0.1, -0.05) is 6.42 Å². The van der Waals surface area contributed by atoms with Gasteiger partial charge in [-0.05, 0) is 38.1 Å². The number of hydrogen-bond acceptors (Lipinski definition) is 2. The number of piperidine rings is 1. The van der Waals surface area contributed by atoms with Crippen LogP contribution in [0.4, 0.5) is 13.2 Å². The molecule has 1 aromatic carbocycles. The van der Waals surface area contributed by atoms with Crippen LogP contribution < -0.4 is 5.32 Å². The lowest BCUT2D eigenvalue weighted by molar-refractivity contribution is 0.0945. The Balaban J connectivity index is 1.85. The first-order valence-corrected chi connectivity index (χ1v) is 6.73. The summed E-state index contributed by atoms with van der Waals surface area (Å²) in [4.78, 5) is 13.9. The zero-order valence-electron chi connectivity index (χ0n) is 11.1. The van der Waals surface area contributed by atoms with Crippen LogP contribution in [-0.4, -0.2) is 37.0 Å². The van der Waals surface area contributed by atoms with Gasteiger partial charge in [0.05, 0.1) is 0 Å². The Morgan fingerprint density at radius 3 is 2.30 bits per heavy atom. The lowest BCUT2D eigenvalue weighted by Crippen LogP contribution is -2.37. The molecule has 0 atom stereocenters. The lowest BCUT2D eigenvalue weighted by atomic mass is 10.1. The monoisotopic (exact) mass is 286 g/mol. The Labute approximate surface area is 115 Å². The maximum absolute atomic E-state index is 13.0. The summed E-state index contributed by atoms with van der Waals surface area (Å²) in [6, 6.07) is 1.41. The largest absolute Gasteiger partial charge is 0.351 e. The van der Waals surface area contributed by atoms with Gasteiger partial charge in [-0.25, -0.2) is 13.2 Å². The van der Waals surface area contributed by atoms with Gasteiger partial charge < -0.3 is 10.2 Å². The molecule has 1 fully saturated rings. The Kier molecular flexibility index (Phi) is 5.00. The molecule has 0 bridgehead atoms. The number of amides is 1. The summed E-state index contributed by atoms with van der Waals surface area (Å²) in [5, 5.41) is 2.58. The summed E-state index contributed by atoms with van der Waals surface area (Å²) < 4.78 is 38.8. The van der Waals surface area contributed by atoms with Crippen molar-refractivity contribution >= 4 is 5.91 Å². The molecule has 1 amide bonds. The van der Waals surface area contributed by atoms with E-state index in [4.69, 9.17) is 0 Å². The Hall–Kier alpha value is -1.56. The van der Waals surface area contributed by atoms with Gasteiger partial charge in [0.1, 0.15) is 0 Å². The normalized spacial score (nSPS) is 16.1. The average Bonchev–Trinajstić information content (AvgIpc) is 2.45. The summed E-state index contributed by atoms with van der Waals surface area (Å²) in [7, 11) is 0. The van der Waals surface area contributed by atoms with Gasteiger partial charge in [0.15, 0.2) is 17.5 Å². The van der Waals surface area contributed by atoms with Crippen molar-refractivity contribution in [3.05, 3.63) is 35.1 Å². The van der Waals surface area contributed by atoms with Crippen molar-refractivity contribution in [2.24, 2.45) is 0 Å². The molecular weight excluding hydrogens is 269 g/mol. The van der Waals surface area contributed by atoms with Gasteiger partial charge in [0, 0.05) is 18.7 Å². The summed E-state index contributed by atoms with van der Waals surface area (Å²) >= 11 is 0. The van der Waals surface area contributed by atoms with E-state index in [1.54, 1.807) is 0 Å². The van der Waals surface area contributed by atoms with Gasteiger partial charge in [0.25, 0.3) is 5.91 Å². The van der Waals surface area contributed by atoms with Crippen molar-refractivity contribution < 1.29 is 18.0 Å². The van der Waals surface area contributed by atoms with E-state index in [1.165, 1.54) is 6.42 Å². The van der Waals surface area contributed by atoms with Crippen molar-refractivity contribution in [2.75, 3.05) is 26.2 Å². The van der Waals surface area contributed by atoms with Crippen molar-refractivity contribution in [3.63, 3.8) is 0 Å². The molecule has 1 aliphatic rings. The highest BCUT2D eigenvalue weighted by atomic mass is 19.2. The molecule has 1 aliphatic heterocycles. The van der Waals surface area contributed by atoms with Crippen LogP contribution in [0.15, 0.2) is 12.1 Å². The lowest BCUT2D eigenvalue weighted by Gasteiger charge is -2.26. The molecule has 3 nitrogen and oxygen atoms in total. The van der Waals surface area contributed by atoms with E-state index >= 15 is 0 Å². The molecule has 0 aliphatic carbocycles. The third-order valence-electron chi connectivity index (χ3n) is 3.41. The minimum Gasteiger partial charge on any atom is -0.351 e. The molecule has 1 aromatic rings. The third-order valence-corrected chi connectivity index (χ3v) is 3.41. The number of halogens is 3. The fourth-order valence-electron chi connectivity index (χ4n) is 2.30. The summed E-state index contributed by atoms with van der Waals surface area (Å²) in [5.74, 6) is -4.87. The van der Waals surface area contributed by atoms with E-state index in [2.05, 4.69) is 10.2 Å². The van der Waals surface area contributed by atoms with E-state index < -0.39 is 23.4 Å². The number of rotatable bonds is 4. The number of likely N-dealkylation sites (tertiary alicyclic amines) is 1. The van der Waals surface area contributed by atoms with Crippen LogP contribution in [0, 0.1) is 17.5 Å². The van der Waals surface area contributed by atoms with E-state index in [-0.39, 0.29) is 5.56 Å². The maximum atomic E-state index is 13.0. The summed E-state index contributed by atoms with van der Waals surface area (Å²) in [5.41, 5.74) is -0.208. The molecule has 0 radical (unpaired) electrons. The fraction of sp³-hybridized carbons (Fsp3) is 0.500. The number of carbonyl (C=O) groups excluding carboxylic acids is 1. The highest BCUT2D eigenvalue weighted by Gasteiger charge is 2.15. The van der Waals surface area contributed by atoms with Crippen LogP contribution in [0.3, 0.4) is 0 Å². The predicted molar refractivity (Wildman–Crippen MR) is 68.9 cm³/mol. The third kappa shape index (κ3) is 3.72. The van der Waals surface area contributed by atoms with E-state index in [1.807, 2.05) is 0 Å². The standard InChI is InChI=1S/C14H17F3N2O/c15-11-8-10(9-12(16)13(11)17)14(20)18-4-7-19-5-2-1-3-6-19/h8-9H,1-7H2,(H,18,20). The highest BCUT2D eigenvalue weighted by Crippen LogP contribution is 2.13. The first kappa shape index (κ1) is 14.8. The molecule has 1 saturated heterocycles. The molecule has 1 heterocycles. The SMILES string of the molecule is O=C(NCCN1CCCCC1)c1cc(F)c(F)c(F)c1. The van der Waals surface area contributed by atoms with Crippen LogP contribution in [0.1, 0.15) is 29.6 Å². The zero-order valence-corrected chi connectivity index (χ0v) is 11.1. The van der Waals surface area contributed by atoms with Crippen molar-refractivity contribution in [2.45, 2.75) is 19.3 Å². The van der Waals surface area contributed by atoms with Gasteiger partial charge in [0.2, 0.25) is 0 Å². The second-order valence-electron chi connectivity index (χ2n) is 4.91. The zero-order chi connectivity index (χ0) is 14.5. The number of benzene rings is 1. The van der Waals surface area contributed by atoms with Gasteiger partial charge in [-0.2, -0.15) is 0 Å². The predicted octanol–water partition coefficient (Wildman–Crippen LogP) is 2.32. The second kappa shape index (κ2) is 6.74. The van der Waals surface area contributed by atoms with Crippen molar-refractivity contribution in [3.8, 4) is 0 Å². The Bertz CT molecular complexity index is 464. The molecule has 1 N–H and O–H groups in total. The van der Waals surface area contributed by atoms with E-state index in [9.17, 15) is 18.0 Å². The first-order chi connectivity index (χ1) is 9.58. The molecule has 0 spiro atoms. The molecule has 0 saturated carbocycles. The molecule has 110 valence electrons. The van der Waals surface area contributed by atoms with E-state index in [0.29, 0.717) is 25.2 Å². The molecule has 20 heavy (non-hydrogen) atoms. The minimum absolute atomic E-state index is 0.208. The molecule has 0 aromatic heterocycles. The van der Waals surface area contributed by atoms with Crippen LogP contribution in [0.2, 0.25) is 0 Å². The van der Waals surface area contributed by atoms with Crippen LogP contribution in [0.5, 0.6) is 0 Å². The van der Waals surface area contributed by atoms with Crippen molar-refractivity contribution in [1.29, 1.82) is 0 Å². The van der Waals surface area contributed by atoms with Crippen LogP contribution in [-0.2, 0) is 0 Å². The van der Waals surface area contributed by atoms with Crippen molar-refractivity contribution in [1.82, 2.24) is 10.2 Å². The summed E-state index contributed by atoms with van der Waals surface area (Å²) in [6.07, 6.45) is 3.54. The molecule has 2 rings (SSSR count). The number of nitrogens with one attached hydrogen (secondary N) is 1. The fourth-order valence-corrected chi connectivity index (χ4v) is 2.30. The Morgan fingerprint density at radius 2 is 1.70 bits per heavy atom. The highest BCUT2D eigenvalue weighted by molar-refractivity contribution is 5.94. The number of hydrogen-bond donors (Lipinski definition) is 1. The number of carbonyl (C=O) groups is 1. The van der Waals surface area contributed by atoms with E-state index in [0.717, 1.165) is 25.9 Å². The number of nitrogens with zero attached hydrogens (tertiary/aromatic N) is 1. The Morgan fingerprint density at radius 1 is 1.10 bits per heavy atom. The second-order valence-corrected chi connectivity index (χ2v) is 4.91. The topological polar surface area (TPSA) is 32.3 Å². The van der Waals surface area contributed by atoms with Gasteiger partial charge >= 0.3 is 0 Å². The average molecular weight is 286 g/mol. The van der Waals surface area contributed by atoms with Gasteiger partial charge in [-0.3, -0.25) is 4.79 Å². The molecular formula is C14H17F3N2O. The smallest absolute Gasteiger partial charge is 0.251 e. The maximum Gasteiger partial charge on any atom is 0.251 e. The quantitative estimate of drug-likeness (QED) is 0.862. The minimum atomic E-state index is -1.56. The first-order valence-electron chi connectivity index (χ1n) is 6.73. The van der Waals surface area contributed by atoms with Gasteiger partial charge in [-0.15, -0.1) is 0 Å². The van der Waals surface area contributed by atoms with Crippen LogP contribution in [0.25, 0.3) is 0 Å². The molecule has 6 heteroatoms. The summed E-state index contributed by atoms with van der Waals surface area (Å²) in [6.45, 7) is 3.13. The van der Waals surface area contributed by atoms with Crippen LogP contribution >= 0.6 is 0 Å².